The van der Waals surface area contributed by atoms with Crippen LogP contribution in [0.1, 0.15) is 66.6 Å². The molecule has 2 aromatic carbocycles. The molecule has 0 spiro atoms. The fraction of sp³-hybridized carbons (Fsp3) is 0.370. The predicted molar refractivity (Wildman–Crippen MR) is 122 cm³/mol. The minimum Gasteiger partial charge on any atom is -0.349 e. The van der Waals surface area contributed by atoms with Gasteiger partial charge in [-0.25, -0.2) is 0 Å². The second kappa shape index (κ2) is 8.51. The summed E-state index contributed by atoms with van der Waals surface area (Å²) in [6.07, 6.45) is 10.8. The van der Waals surface area contributed by atoms with Crippen molar-refractivity contribution in [2.24, 2.45) is 0 Å². The minimum atomic E-state index is 0.0584. The normalized spacial score (nSPS) is 16.8. The molecule has 1 fully saturated rings. The summed E-state index contributed by atoms with van der Waals surface area (Å²) >= 11 is 0. The van der Waals surface area contributed by atoms with E-state index < -0.39 is 0 Å². The number of hydrogen-bond acceptors (Lipinski definition) is 1. The maximum atomic E-state index is 12.6. The Labute approximate surface area is 179 Å². The number of nitrogens with one attached hydrogen (secondary N) is 1. The first-order valence-corrected chi connectivity index (χ1v) is 11.5. The highest BCUT2D eigenvalue weighted by atomic mass is 16.1. The molecule has 3 nitrogen and oxygen atoms in total. The number of aromatic nitrogens is 1. The topological polar surface area (TPSA) is 34.0 Å². The van der Waals surface area contributed by atoms with Gasteiger partial charge in [0.15, 0.2) is 0 Å². The van der Waals surface area contributed by atoms with E-state index >= 15 is 0 Å². The first-order valence-electron chi connectivity index (χ1n) is 11.5. The lowest BCUT2D eigenvalue weighted by Crippen LogP contribution is -2.32. The van der Waals surface area contributed by atoms with Crippen molar-refractivity contribution in [3.05, 3.63) is 77.5 Å². The number of benzene rings is 2. The fourth-order valence-electron chi connectivity index (χ4n) is 5.09. The smallest absolute Gasteiger partial charge is 0.251 e. The molecule has 2 aliphatic carbocycles. The minimum absolute atomic E-state index is 0.0584. The zero-order valence-corrected chi connectivity index (χ0v) is 17.6. The lowest BCUT2D eigenvalue weighted by Gasteiger charge is -2.16. The number of rotatable bonds is 4. The van der Waals surface area contributed by atoms with E-state index in [0.717, 1.165) is 36.9 Å². The average molecular weight is 399 g/mol. The van der Waals surface area contributed by atoms with Gasteiger partial charge in [0.1, 0.15) is 0 Å². The summed E-state index contributed by atoms with van der Waals surface area (Å²) in [5.41, 5.74) is 7.32. The molecule has 3 aromatic rings. The Balaban J connectivity index is 1.49. The Morgan fingerprint density at radius 1 is 0.833 bits per heavy atom. The molecule has 5 rings (SSSR count). The molecule has 1 saturated carbocycles. The van der Waals surface area contributed by atoms with Gasteiger partial charge in [-0.3, -0.25) is 4.79 Å². The summed E-state index contributed by atoms with van der Waals surface area (Å²) in [7, 11) is 0. The quantitative estimate of drug-likeness (QED) is 0.531. The van der Waals surface area contributed by atoms with E-state index in [0.29, 0.717) is 6.04 Å². The van der Waals surface area contributed by atoms with Gasteiger partial charge in [0.2, 0.25) is 0 Å². The number of carbonyl (C=O) groups excluding carboxylic acids is 1. The third kappa shape index (κ3) is 3.81. The van der Waals surface area contributed by atoms with E-state index in [4.69, 9.17) is 0 Å². The van der Waals surface area contributed by atoms with Crippen molar-refractivity contribution in [1.82, 2.24) is 9.88 Å². The molecule has 0 unspecified atom stereocenters. The van der Waals surface area contributed by atoms with Crippen molar-refractivity contribution in [2.75, 3.05) is 0 Å². The van der Waals surface area contributed by atoms with E-state index in [1.807, 2.05) is 12.1 Å². The van der Waals surface area contributed by atoms with Gasteiger partial charge in [0.05, 0.1) is 5.69 Å². The summed E-state index contributed by atoms with van der Waals surface area (Å²) in [6, 6.07) is 21.6. The van der Waals surface area contributed by atoms with Gasteiger partial charge in [0, 0.05) is 23.0 Å². The highest BCUT2D eigenvalue weighted by Crippen LogP contribution is 2.33. The number of fused-ring (bicyclic) bond motifs is 1. The van der Waals surface area contributed by atoms with Crippen LogP contribution in [-0.4, -0.2) is 16.5 Å². The largest absolute Gasteiger partial charge is 0.349 e. The molecule has 3 heteroatoms. The van der Waals surface area contributed by atoms with E-state index in [9.17, 15) is 4.79 Å². The maximum Gasteiger partial charge on any atom is 0.251 e. The standard InChI is InChI=1S/C27H30N2O/c30-27(28-23-12-7-8-13-23)21-15-17-24(18-16-21)29-25-14-6-2-5-11-22(25)19-26(29)20-9-3-1-4-10-20/h1,3-4,9-10,15-19,23H,2,5-8,11-14H2,(H,28,30). The van der Waals surface area contributed by atoms with Gasteiger partial charge >= 0.3 is 0 Å². The Morgan fingerprint density at radius 3 is 2.33 bits per heavy atom. The molecule has 1 aromatic heterocycles. The SMILES string of the molecule is O=C(NC1CCCC1)c1ccc(-n2c(-c3ccccc3)cc3c2CCCCC3)cc1. The van der Waals surface area contributed by atoms with Gasteiger partial charge in [-0.2, -0.15) is 0 Å². The van der Waals surface area contributed by atoms with Crippen LogP contribution in [0.3, 0.4) is 0 Å². The zero-order chi connectivity index (χ0) is 20.3. The van der Waals surface area contributed by atoms with Crippen molar-refractivity contribution in [3.8, 4) is 16.9 Å². The Morgan fingerprint density at radius 2 is 1.57 bits per heavy atom. The number of amides is 1. The fourth-order valence-corrected chi connectivity index (χ4v) is 5.09. The number of hydrogen-bond donors (Lipinski definition) is 1. The van der Waals surface area contributed by atoms with Gasteiger partial charge < -0.3 is 9.88 Å². The van der Waals surface area contributed by atoms with E-state index in [2.05, 4.69) is 58.4 Å². The summed E-state index contributed by atoms with van der Waals surface area (Å²) in [5.74, 6) is 0.0584. The van der Waals surface area contributed by atoms with E-state index in [1.54, 1.807) is 0 Å². The first-order chi connectivity index (χ1) is 14.8. The molecule has 0 bridgehead atoms. The molecule has 0 atom stereocenters. The van der Waals surface area contributed by atoms with E-state index in [-0.39, 0.29) is 5.91 Å². The van der Waals surface area contributed by atoms with Crippen LogP contribution in [0.4, 0.5) is 0 Å². The van der Waals surface area contributed by atoms with Crippen molar-refractivity contribution in [3.63, 3.8) is 0 Å². The highest BCUT2D eigenvalue weighted by Gasteiger charge is 2.21. The maximum absolute atomic E-state index is 12.6. The second-order valence-electron chi connectivity index (χ2n) is 8.77. The highest BCUT2D eigenvalue weighted by molar-refractivity contribution is 5.94. The van der Waals surface area contributed by atoms with Crippen molar-refractivity contribution < 1.29 is 4.79 Å². The van der Waals surface area contributed by atoms with Gasteiger partial charge in [-0.1, -0.05) is 49.6 Å². The van der Waals surface area contributed by atoms with Crippen LogP contribution in [0.2, 0.25) is 0 Å². The van der Waals surface area contributed by atoms with Crippen LogP contribution >= 0.6 is 0 Å². The van der Waals surface area contributed by atoms with Crippen molar-refractivity contribution >= 4 is 5.91 Å². The Bertz CT molecular complexity index is 1010. The molecule has 2 aliphatic rings. The Hall–Kier alpha value is -2.81. The number of nitrogens with zero attached hydrogens (tertiary/aromatic N) is 1. The van der Waals surface area contributed by atoms with E-state index in [1.165, 1.54) is 54.6 Å². The summed E-state index contributed by atoms with van der Waals surface area (Å²) in [4.78, 5) is 12.6. The molecule has 1 amide bonds. The third-order valence-electron chi connectivity index (χ3n) is 6.70. The van der Waals surface area contributed by atoms with Crippen LogP contribution in [0, 0.1) is 0 Å². The molecule has 0 saturated heterocycles. The van der Waals surface area contributed by atoms with Gasteiger partial charge in [-0.05, 0) is 80.0 Å². The van der Waals surface area contributed by atoms with Crippen LogP contribution in [0.5, 0.6) is 0 Å². The molecule has 154 valence electrons. The van der Waals surface area contributed by atoms with Crippen molar-refractivity contribution in [1.29, 1.82) is 0 Å². The molecule has 0 radical (unpaired) electrons. The van der Waals surface area contributed by atoms with Gasteiger partial charge in [0.25, 0.3) is 5.91 Å². The van der Waals surface area contributed by atoms with Crippen LogP contribution in [0.25, 0.3) is 16.9 Å². The lowest BCUT2D eigenvalue weighted by molar-refractivity contribution is 0.0938. The molecule has 1 N–H and O–H groups in total. The summed E-state index contributed by atoms with van der Waals surface area (Å²) in [5, 5.41) is 3.20. The van der Waals surface area contributed by atoms with Crippen LogP contribution in [-0.2, 0) is 12.8 Å². The Kier molecular flexibility index (Phi) is 5.44. The number of aryl methyl sites for hydroxylation is 1. The predicted octanol–water partition coefficient (Wildman–Crippen LogP) is 6.09. The second-order valence-corrected chi connectivity index (χ2v) is 8.77. The molecule has 30 heavy (non-hydrogen) atoms. The molecule has 1 heterocycles. The monoisotopic (exact) mass is 398 g/mol. The first kappa shape index (κ1) is 19.2. The van der Waals surface area contributed by atoms with Crippen LogP contribution < -0.4 is 5.32 Å². The molecule has 0 aliphatic heterocycles. The number of carbonyl (C=O) groups is 1. The lowest BCUT2D eigenvalue weighted by atomic mass is 10.1. The summed E-state index contributed by atoms with van der Waals surface area (Å²) < 4.78 is 2.43. The third-order valence-corrected chi connectivity index (χ3v) is 6.70. The zero-order valence-electron chi connectivity index (χ0n) is 17.6. The van der Waals surface area contributed by atoms with Crippen molar-refractivity contribution in [2.45, 2.75) is 63.8 Å². The van der Waals surface area contributed by atoms with Crippen LogP contribution in [0.15, 0.2) is 60.7 Å². The molecular weight excluding hydrogens is 368 g/mol. The average Bonchev–Trinajstić information content (AvgIpc) is 3.36. The summed E-state index contributed by atoms with van der Waals surface area (Å²) in [6.45, 7) is 0. The molecular formula is C27H30N2O. The van der Waals surface area contributed by atoms with Gasteiger partial charge in [-0.15, -0.1) is 0 Å².